The average molecular weight is 320 g/mol. The summed E-state index contributed by atoms with van der Waals surface area (Å²) in [5, 5.41) is 13.3. The highest BCUT2D eigenvalue weighted by Crippen LogP contribution is 2.45. The maximum absolute atomic E-state index is 9.60. The fourth-order valence-corrected chi connectivity index (χ4v) is 4.57. The Morgan fingerprint density at radius 1 is 0.875 bits per heavy atom. The smallest absolute Gasteiger partial charge is 0.0775 e. The zero-order valence-corrected chi connectivity index (χ0v) is 13.9. The van der Waals surface area contributed by atoms with Gasteiger partial charge in [-0.25, -0.2) is 0 Å². The molecule has 2 aliphatic carbocycles. The van der Waals surface area contributed by atoms with Crippen molar-refractivity contribution in [3.63, 3.8) is 0 Å². The van der Waals surface area contributed by atoms with Gasteiger partial charge in [-0.05, 0) is 36.3 Å². The first-order chi connectivity index (χ1) is 11.8. The predicted octanol–water partition coefficient (Wildman–Crippen LogP) is 4.32. The second-order valence-electron chi connectivity index (χ2n) is 7.12. The molecule has 0 aromatic heterocycles. The summed E-state index contributed by atoms with van der Waals surface area (Å²) in [6.45, 7) is 1.78. The first-order valence-corrected chi connectivity index (χ1v) is 8.89. The van der Waals surface area contributed by atoms with E-state index >= 15 is 0 Å². The van der Waals surface area contributed by atoms with Crippen LogP contribution in [-0.4, -0.2) is 21.9 Å². The summed E-state index contributed by atoms with van der Waals surface area (Å²) in [5.41, 5.74) is 3.64. The van der Waals surface area contributed by atoms with E-state index in [1.807, 2.05) is 0 Å². The summed E-state index contributed by atoms with van der Waals surface area (Å²) in [4.78, 5) is 2.50. The van der Waals surface area contributed by atoms with Crippen molar-refractivity contribution in [1.29, 1.82) is 0 Å². The van der Waals surface area contributed by atoms with Crippen molar-refractivity contribution in [2.24, 2.45) is 17.0 Å². The fourth-order valence-electron chi connectivity index (χ4n) is 4.57. The number of hydrogen-bond acceptors (Lipinski definition) is 3. The number of rotatable bonds is 5. The molecule has 2 fully saturated rings. The second-order valence-corrected chi connectivity index (χ2v) is 7.12. The van der Waals surface area contributed by atoms with Crippen LogP contribution in [0.5, 0.6) is 0 Å². The molecule has 24 heavy (non-hydrogen) atoms. The topological polar surface area (TPSA) is 35.8 Å². The van der Waals surface area contributed by atoms with Crippen molar-refractivity contribution in [3.05, 3.63) is 71.8 Å². The van der Waals surface area contributed by atoms with E-state index in [-0.39, 0.29) is 6.04 Å². The molecular weight excluding hydrogens is 296 g/mol. The molecule has 1 N–H and O–H groups in total. The van der Waals surface area contributed by atoms with Crippen molar-refractivity contribution in [1.82, 2.24) is 4.90 Å². The van der Waals surface area contributed by atoms with Gasteiger partial charge in [-0.1, -0.05) is 65.8 Å². The molecule has 0 spiro atoms. The molecule has 2 aromatic carbocycles. The molecule has 2 aromatic rings. The molecule has 0 aliphatic heterocycles. The Morgan fingerprint density at radius 2 is 1.46 bits per heavy atom. The Hall–Kier alpha value is -2.13. The lowest BCUT2D eigenvalue weighted by Crippen LogP contribution is -2.44. The van der Waals surface area contributed by atoms with Gasteiger partial charge < -0.3 is 5.21 Å². The van der Waals surface area contributed by atoms with Crippen LogP contribution in [-0.2, 0) is 13.1 Å². The van der Waals surface area contributed by atoms with Crippen LogP contribution in [0, 0.1) is 11.8 Å². The largest absolute Gasteiger partial charge is 0.411 e. The Balaban J connectivity index is 1.62. The highest BCUT2D eigenvalue weighted by Gasteiger charge is 2.47. The minimum Gasteiger partial charge on any atom is -0.411 e. The van der Waals surface area contributed by atoms with E-state index in [0.29, 0.717) is 11.8 Å². The Labute approximate surface area is 143 Å². The third-order valence-electron chi connectivity index (χ3n) is 5.61. The van der Waals surface area contributed by atoms with Crippen LogP contribution < -0.4 is 0 Å². The molecule has 2 saturated carbocycles. The van der Waals surface area contributed by atoms with E-state index in [1.54, 1.807) is 0 Å². The maximum atomic E-state index is 9.60. The Bertz CT molecular complexity index is 657. The molecule has 2 bridgehead atoms. The van der Waals surface area contributed by atoms with Crippen molar-refractivity contribution < 1.29 is 5.21 Å². The third kappa shape index (κ3) is 2.96. The minimum absolute atomic E-state index is 0.272. The number of nitrogens with zero attached hydrogens (tertiary/aromatic N) is 2. The number of oxime groups is 1. The highest BCUT2D eigenvalue weighted by molar-refractivity contribution is 5.94. The third-order valence-corrected chi connectivity index (χ3v) is 5.61. The molecule has 0 unspecified atom stereocenters. The van der Waals surface area contributed by atoms with E-state index in [9.17, 15) is 5.21 Å². The Kier molecular flexibility index (Phi) is 4.35. The van der Waals surface area contributed by atoms with Crippen molar-refractivity contribution >= 4 is 5.71 Å². The normalized spacial score (nSPS) is 27.2. The van der Waals surface area contributed by atoms with Gasteiger partial charge in [-0.2, -0.15) is 0 Å². The lowest BCUT2D eigenvalue weighted by molar-refractivity contribution is 0.175. The second kappa shape index (κ2) is 6.78. The van der Waals surface area contributed by atoms with Crippen LogP contribution in [0.3, 0.4) is 0 Å². The van der Waals surface area contributed by atoms with Gasteiger partial charge in [-0.3, -0.25) is 4.90 Å². The van der Waals surface area contributed by atoms with Gasteiger partial charge >= 0.3 is 0 Å². The van der Waals surface area contributed by atoms with Crippen molar-refractivity contribution in [2.75, 3.05) is 0 Å². The van der Waals surface area contributed by atoms with Crippen LogP contribution in [0.25, 0.3) is 0 Å². The number of fused-ring (bicyclic) bond motifs is 2. The van der Waals surface area contributed by atoms with Gasteiger partial charge in [0, 0.05) is 19.0 Å². The molecule has 3 heteroatoms. The van der Waals surface area contributed by atoms with Crippen molar-refractivity contribution in [2.45, 2.75) is 38.4 Å². The van der Waals surface area contributed by atoms with Gasteiger partial charge in [0.25, 0.3) is 0 Å². The molecule has 2 aliphatic rings. The first-order valence-electron chi connectivity index (χ1n) is 8.89. The molecule has 0 radical (unpaired) electrons. The maximum Gasteiger partial charge on any atom is 0.0775 e. The molecule has 124 valence electrons. The molecule has 0 amide bonds. The molecule has 4 rings (SSSR count). The van der Waals surface area contributed by atoms with E-state index in [1.165, 1.54) is 30.4 Å². The van der Waals surface area contributed by atoms with Gasteiger partial charge in [0.05, 0.1) is 11.8 Å². The molecule has 3 atom stereocenters. The van der Waals surface area contributed by atoms with E-state index < -0.39 is 0 Å². The SMILES string of the molecule is O/N=C1\[C@H]2CC[C@@H](C2)[C@H]1N(Cc1ccccc1)Cc1ccccc1. The Morgan fingerprint density at radius 3 is 2.00 bits per heavy atom. The monoisotopic (exact) mass is 320 g/mol. The van der Waals surface area contributed by atoms with Gasteiger partial charge in [-0.15, -0.1) is 0 Å². The quantitative estimate of drug-likeness (QED) is 0.658. The lowest BCUT2D eigenvalue weighted by Gasteiger charge is -2.35. The zero-order valence-electron chi connectivity index (χ0n) is 13.9. The predicted molar refractivity (Wildman–Crippen MR) is 96.0 cm³/mol. The highest BCUT2D eigenvalue weighted by atomic mass is 16.4. The van der Waals surface area contributed by atoms with Crippen LogP contribution in [0.2, 0.25) is 0 Å². The molecule has 0 saturated heterocycles. The zero-order chi connectivity index (χ0) is 16.4. The van der Waals surface area contributed by atoms with Crippen LogP contribution in [0.1, 0.15) is 30.4 Å². The van der Waals surface area contributed by atoms with Crippen molar-refractivity contribution in [3.8, 4) is 0 Å². The average Bonchev–Trinajstić information content (AvgIpc) is 3.24. The van der Waals surface area contributed by atoms with Gasteiger partial charge in [0.2, 0.25) is 0 Å². The van der Waals surface area contributed by atoms with Gasteiger partial charge in [0.1, 0.15) is 0 Å². The van der Waals surface area contributed by atoms with Gasteiger partial charge in [0.15, 0.2) is 0 Å². The number of hydrogen-bond donors (Lipinski definition) is 1. The summed E-state index contributed by atoms with van der Waals surface area (Å²) >= 11 is 0. The summed E-state index contributed by atoms with van der Waals surface area (Å²) in [5.74, 6) is 1.12. The van der Waals surface area contributed by atoms with Crippen LogP contribution in [0.15, 0.2) is 65.8 Å². The summed E-state index contributed by atoms with van der Waals surface area (Å²) < 4.78 is 0. The van der Waals surface area contributed by atoms with Crippen LogP contribution in [0.4, 0.5) is 0 Å². The van der Waals surface area contributed by atoms with Crippen LogP contribution >= 0.6 is 0 Å². The molecule has 0 heterocycles. The van der Waals surface area contributed by atoms with E-state index in [4.69, 9.17) is 0 Å². The van der Waals surface area contributed by atoms with E-state index in [2.05, 4.69) is 70.7 Å². The van der Waals surface area contributed by atoms with E-state index in [0.717, 1.165) is 18.8 Å². The summed E-state index contributed by atoms with van der Waals surface area (Å²) in [7, 11) is 0. The first kappa shape index (κ1) is 15.4. The molecule has 3 nitrogen and oxygen atoms in total. The standard InChI is InChI=1S/C21H24N2O/c24-22-20-18-11-12-19(13-18)21(20)23(14-16-7-3-1-4-8-16)15-17-9-5-2-6-10-17/h1-10,18-19,21,24H,11-15H2/b22-20+/t18-,19-,21+/m0/s1. The summed E-state index contributed by atoms with van der Waals surface area (Å²) in [6.07, 6.45) is 3.63. The summed E-state index contributed by atoms with van der Waals surface area (Å²) in [6, 6.07) is 21.5. The fraction of sp³-hybridized carbons (Fsp3) is 0.381. The minimum atomic E-state index is 0.272. The lowest BCUT2D eigenvalue weighted by atomic mass is 9.91. The molecular formula is C21H24N2O. The number of benzene rings is 2.